The predicted molar refractivity (Wildman–Crippen MR) is 77.7 cm³/mol. The lowest BCUT2D eigenvalue weighted by atomic mass is 9.93. The van der Waals surface area contributed by atoms with Crippen molar-refractivity contribution in [1.29, 1.82) is 0 Å². The van der Waals surface area contributed by atoms with Crippen molar-refractivity contribution in [2.75, 3.05) is 6.54 Å². The van der Waals surface area contributed by atoms with Crippen LogP contribution in [0.25, 0.3) is 11.0 Å². The number of hydrogen-bond donors (Lipinski definition) is 2. The van der Waals surface area contributed by atoms with Crippen molar-refractivity contribution in [3.63, 3.8) is 0 Å². The molecule has 0 bridgehead atoms. The summed E-state index contributed by atoms with van der Waals surface area (Å²) < 4.78 is 1.10. The van der Waals surface area contributed by atoms with Crippen molar-refractivity contribution in [2.45, 2.75) is 38.6 Å². The molecule has 1 aromatic carbocycles. The van der Waals surface area contributed by atoms with Gasteiger partial charge in [0, 0.05) is 4.47 Å². The molecule has 4 heteroatoms. The monoisotopic (exact) mass is 307 g/mol. The highest BCUT2D eigenvalue weighted by atomic mass is 79.9. The van der Waals surface area contributed by atoms with Crippen LogP contribution in [0, 0.1) is 6.92 Å². The van der Waals surface area contributed by atoms with E-state index in [0.29, 0.717) is 0 Å². The number of hydrogen-bond acceptors (Lipinski definition) is 2. The maximum atomic E-state index is 4.84. The molecular formula is C14H18BrN3. The largest absolute Gasteiger partial charge is 0.340 e. The lowest BCUT2D eigenvalue weighted by Gasteiger charge is -2.25. The summed E-state index contributed by atoms with van der Waals surface area (Å²) in [7, 11) is 0. The first-order valence-corrected chi connectivity index (χ1v) is 7.35. The molecule has 1 unspecified atom stereocenters. The Morgan fingerprint density at radius 3 is 2.94 bits per heavy atom. The van der Waals surface area contributed by atoms with Crippen molar-refractivity contribution in [3.05, 3.63) is 28.0 Å². The van der Waals surface area contributed by atoms with Gasteiger partial charge in [-0.3, -0.25) is 0 Å². The van der Waals surface area contributed by atoms with Gasteiger partial charge in [-0.1, -0.05) is 22.9 Å². The zero-order chi connectivity index (χ0) is 12.8. The fourth-order valence-electron chi connectivity index (χ4n) is 2.95. The molecule has 96 valence electrons. The maximum absolute atomic E-state index is 4.84. The fraction of sp³-hybridized carbons (Fsp3) is 0.500. The summed E-state index contributed by atoms with van der Waals surface area (Å²) in [5.74, 6) is 1.10. The summed E-state index contributed by atoms with van der Waals surface area (Å²) >= 11 is 3.54. The van der Waals surface area contributed by atoms with Crippen LogP contribution >= 0.6 is 15.9 Å². The van der Waals surface area contributed by atoms with Crippen LogP contribution in [0.1, 0.15) is 37.6 Å². The molecule has 1 aliphatic heterocycles. The van der Waals surface area contributed by atoms with Crippen LogP contribution in [0.3, 0.4) is 0 Å². The number of aromatic nitrogens is 2. The second-order valence-corrected chi connectivity index (χ2v) is 6.09. The molecule has 3 rings (SSSR count). The van der Waals surface area contributed by atoms with Crippen molar-refractivity contribution >= 4 is 27.0 Å². The van der Waals surface area contributed by atoms with Crippen LogP contribution < -0.4 is 5.32 Å². The second kappa shape index (κ2) is 4.35. The number of aryl methyl sites for hydroxylation is 1. The van der Waals surface area contributed by atoms with Crippen LogP contribution in [0.5, 0.6) is 0 Å². The standard InChI is InChI=1S/C14H18BrN3/c1-3-14(5-4-6-16-14)13-17-11-8-10(15)7-9(2)12(11)18-13/h7-8,16H,3-6H2,1-2H3,(H,17,18). The molecule has 1 fully saturated rings. The van der Waals surface area contributed by atoms with Gasteiger partial charge in [0.15, 0.2) is 0 Å². The van der Waals surface area contributed by atoms with Crippen LogP contribution in [-0.2, 0) is 5.54 Å². The highest BCUT2D eigenvalue weighted by Gasteiger charge is 2.36. The van der Waals surface area contributed by atoms with Crippen molar-refractivity contribution in [2.24, 2.45) is 0 Å². The molecule has 0 spiro atoms. The number of benzene rings is 1. The SMILES string of the molecule is CCC1(c2nc3c(C)cc(Br)cc3[nH]2)CCCN1. The molecule has 1 aromatic heterocycles. The van der Waals surface area contributed by atoms with E-state index in [4.69, 9.17) is 4.98 Å². The third-order valence-corrected chi connectivity index (χ3v) is 4.50. The van der Waals surface area contributed by atoms with Gasteiger partial charge in [-0.25, -0.2) is 4.98 Å². The summed E-state index contributed by atoms with van der Waals surface area (Å²) in [4.78, 5) is 8.35. The molecular weight excluding hydrogens is 290 g/mol. The Labute approximate surface area is 116 Å². The van der Waals surface area contributed by atoms with Crippen LogP contribution in [0.15, 0.2) is 16.6 Å². The second-order valence-electron chi connectivity index (χ2n) is 5.17. The quantitative estimate of drug-likeness (QED) is 0.889. The Balaban J connectivity index is 2.16. The van der Waals surface area contributed by atoms with Gasteiger partial charge in [-0.15, -0.1) is 0 Å². The lowest BCUT2D eigenvalue weighted by molar-refractivity contribution is 0.356. The topological polar surface area (TPSA) is 40.7 Å². The number of aromatic amines is 1. The Bertz CT molecular complexity index is 582. The number of rotatable bonds is 2. The van der Waals surface area contributed by atoms with E-state index in [2.05, 4.69) is 52.2 Å². The molecule has 2 heterocycles. The first-order valence-electron chi connectivity index (χ1n) is 6.56. The molecule has 0 amide bonds. The summed E-state index contributed by atoms with van der Waals surface area (Å²) in [5.41, 5.74) is 3.48. The summed E-state index contributed by atoms with van der Waals surface area (Å²) in [6, 6.07) is 4.23. The van der Waals surface area contributed by atoms with Crippen LogP contribution in [0.2, 0.25) is 0 Å². The zero-order valence-corrected chi connectivity index (χ0v) is 12.4. The Hall–Kier alpha value is -0.870. The van der Waals surface area contributed by atoms with Gasteiger partial charge < -0.3 is 10.3 Å². The van der Waals surface area contributed by atoms with Gasteiger partial charge >= 0.3 is 0 Å². The highest BCUT2D eigenvalue weighted by molar-refractivity contribution is 9.10. The molecule has 18 heavy (non-hydrogen) atoms. The molecule has 3 nitrogen and oxygen atoms in total. The number of halogens is 1. The number of H-pyrrole nitrogens is 1. The molecule has 1 aliphatic rings. The average molecular weight is 308 g/mol. The van der Waals surface area contributed by atoms with E-state index in [0.717, 1.165) is 34.3 Å². The minimum Gasteiger partial charge on any atom is -0.340 e. The molecule has 0 saturated carbocycles. The van der Waals surface area contributed by atoms with Gasteiger partial charge in [0.2, 0.25) is 0 Å². The summed E-state index contributed by atoms with van der Waals surface area (Å²) in [6.07, 6.45) is 3.48. The minimum absolute atomic E-state index is 0.0535. The predicted octanol–water partition coefficient (Wildman–Crippen LogP) is 3.62. The molecule has 0 aliphatic carbocycles. The van der Waals surface area contributed by atoms with E-state index in [1.807, 2.05) is 0 Å². The third kappa shape index (κ3) is 1.79. The van der Waals surface area contributed by atoms with Gasteiger partial charge in [-0.2, -0.15) is 0 Å². The third-order valence-electron chi connectivity index (χ3n) is 4.04. The first-order chi connectivity index (χ1) is 8.64. The zero-order valence-electron chi connectivity index (χ0n) is 10.8. The van der Waals surface area contributed by atoms with E-state index >= 15 is 0 Å². The number of imidazole rings is 1. The maximum Gasteiger partial charge on any atom is 0.127 e. The smallest absolute Gasteiger partial charge is 0.127 e. The van der Waals surface area contributed by atoms with E-state index in [-0.39, 0.29) is 5.54 Å². The van der Waals surface area contributed by atoms with Crippen molar-refractivity contribution < 1.29 is 0 Å². The molecule has 1 atom stereocenters. The van der Waals surface area contributed by atoms with Crippen LogP contribution in [0.4, 0.5) is 0 Å². The van der Waals surface area contributed by atoms with E-state index in [1.54, 1.807) is 0 Å². The van der Waals surface area contributed by atoms with E-state index in [9.17, 15) is 0 Å². The number of nitrogens with zero attached hydrogens (tertiary/aromatic N) is 1. The number of nitrogens with one attached hydrogen (secondary N) is 2. The molecule has 0 radical (unpaired) electrons. The Kier molecular flexibility index (Phi) is 2.94. The van der Waals surface area contributed by atoms with Gasteiger partial charge in [-0.05, 0) is 50.4 Å². The molecule has 2 N–H and O–H groups in total. The number of fused-ring (bicyclic) bond motifs is 1. The summed E-state index contributed by atoms with van der Waals surface area (Å²) in [5, 5.41) is 3.63. The average Bonchev–Trinajstić information content (AvgIpc) is 2.94. The van der Waals surface area contributed by atoms with Gasteiger partial charge in [0.25, 0.3) is 0 Å². The first kappa shape index (κ1) is 12.2. The Morgan fingerprint density at radius 1 is 1.44 bits per heavy atom. The lowest BCUT2D eigenvalue weighted by Crippen LogP contribution is -2.37. The highest BCUT2D eigenvalue weighted by Crippen LogP contribution is 2.34. The van der Waals surface area contributed by atoms with E-state index in [1.165, 1.54) is 18.4 Å². The Morgan fingerprint density at radius 2 is 2.28 bits per heavy atom. The normalized spacial score (nSPS) is 23.9. The van der Waals surface area contributed by atoms with Crippen molar-refractivity contribution in [1.82, 2.24) is 15.3 Å². The summed E-state index contributed by atoms with van der Waals surface area (Å²) in [6.45, 7) is 5.43. The fourth-order valence-corrected chi connectivity index (χ4v) is 3.52. The minimum atomic E-state index is 0.0535. The van der Waals surface area contributed by atoms with Crippen LogP contribution in [-0.4, -0.2) is 16.5 Å². The molecule has 1 saturated heterocycles. The van der Waals surface area contributed by atoms with E-state index < -0.39 is 0 Å². The molecule has 2 aromatic rings. The van der Waals surface area contributed by atoms with Crippen molar-refractivity contribution in [3.8, 4) is 0 Å². The van der Waals surface area contributed by atoms with Gasteiger partial charge in [0.05, 0.1) is 16.6 Å². The van der Waals surface area contributed by atoms with Gasteiger partial charge in [0.1, 0.15) is 5.82 Å².